The summed E-state index contributed by atoms with van der Waals surface area (Å²) in [5.74, 6) is 0.921. The van der Waals surface area contributed by atoms with Gasteiger partial charge in [0.1, 0.15) is 5.82 Å². The molecule has 0 aliphatic carbocycles. The Kier molecular flexibility index (Phi) is 3.47. The number of pyridine rings is 1. The van der Waals surface area contributed by atoms with E-state index in [2.05, 4.69) is 65.0 Å². The Morgan fingerprint density at radius 1 is 0.741 bits per heavy atom. The zero-order chi connectivity index (χ0) is 18.4. The molecule has 5 rings (SSSR count). The van der Waals surface area contributed by atoms with Crippen molar-refractivity contribution in [1.82, 2.24) is 9.55 Å². The number of benzene rings is 3. The molecule has 2 aromatic heterocycles. The maximum absolute atomic E-state index is 6.08. The number of para-hydroxylation sites is 1. The van der Waals surface area contributed by atoms with Crippen molar-refractivity contribution >= 4 is 27.5 Å². The van der Waals surface area contributed by atoms with E-state index in [-0.39, 0.29) is 0 Å². The number of nitrogens with two attached hydrogens (primary N) is 1. The highest BCUT2D eigenvalue weighted by Crippen LogP contribution is 2.34. The minimum atomic E-state index is 0.787. The standard InChI is InChI=1S/C24H19N3/c1-16-12-18(14-19(25)13-16)17-9-10-21-20-6-2-3-7-22(20)27(23(21)15-17)24-8-4-5-11-26-24/h2-15H,25H2,1H3. The second kappa shape index (κ2) is 5.99. The van der Waals surface area contributed by atoms with E-state index in [0.29, 0.717) is 0 Å². The lowest BCUT2D eigenvalue weighted by molar-refractivity contribution is 1.08. The molecule has 5 aromatic rings. The summed E-state index contributed by atoms with van der Waals surface area (Å²) in [6.45, 7) is 2.07. The molecule has 3 heteroatoms. The molecule has 0 saturated heterocycles. The fraction of sp³-hybridized carbons (Fsp3) is 0.0417. The lowest BCUT2D eigenvalue weighted by Crippen LogP contribution is -1.96. The highest BCUT2D eigenvalue weighted by atomic mass is 15.1. The molecule has 3 aromatic carbocycles. The molecule has 0 spiro atoms. The van der Waals surface area contributed by atoms with Gasteiger partial charge in [0.15, 0.2) is 0 Å². The van der Waals surface area contributed by atoms with Gasteiger partial charge in [-0.15, -0.1) is 0 Å². The van der Waals surface area contributed by atoms with Crippen molar-refractivity contribution < 1.29 is 0 Å². The normalized spacial score (nSPS) is 11.3. The molecule has 0 aliphatic rings. The van der Waals surface area contributed by atoms with Crippen LogP contribution in [0.1, 0.15) is 5.56 Å². The van der Waals surface area contributed by atoms with Crippen LogP contribution in [-0.2, 0) is 0 Å². The van der Waals surface area contributed by atoms with E-state index in [9.17, 15) is 0 Å². The second-order valence-corrected chi connectivity index (χ2v) is 6.90. The number of fused-ring (bicyclic) bond motifs is 3. The van der Waals surface area contributed by atoms with Gasteiger partial charge in [-0.1, -0.05) is 42.5 Å². The van der Waals surface area contributed by atoms with Gasteiger partial charge >= 0.3 is 0 Å². The predicted octanol–water partition coefficient (Wildman–Crippen LogP) is 5.74. The molecule has 3 nitrogen and oxygen atoms in total. The number of hydrogen-bond donors (Lipinski definition) is 1. The zero-order valence-electron chi connectivity index (χ0n) is 15.1. The van der Waals surface area contributed by atoms with Gasteiger partial charge in [0.25, 0.3) is 0 Å². The Bertz CT molecular complexity index is 1260. The van der Waals surface area contributed by atoms with Crippen LogP contribution >= 0.6 is 0 Å². The summed E-state index contributed by atoms with van der Waals surface area (Å²) in [7, 11) is 0. The van der Waals surface area contributed by atoms with E-state index in [1.807, 2.05) is 36.5 Å². The molecule has 0 amide bonds. The molecule has 2 N–H and O–H groups in total. The third-order valence-electron chi connectivity index (χ3n) is 4.99. The quantitative estimate of drug-likeness (QED) is 0.413. The second-order valence-electron chi connectivity index (χ2n) is 6.90. The highest BCUT2D eigenvalue weighted by molar-refractivity contribution is 6.10. The van der Waals surface area contributed by atoms with Crippen LogP contribution in [0.4, 0.5) is 5.69 Å². The van der Waals surface area contributed by atoms with Gasteiger partial charge in [0, 0.05) is 22.7 Å². The third kappa shape index (κ3) is 2.56. The van der Waals surface area contributed by atoms with Crippen LogP contribution in [0.25, 0.3) is 38.8 Å². The largest absolute Gasteiger partial charge is 0.399 e. The number of hydrogen-bond acceptors (Lipinski definition) is 2. The number of aromatic nitrogens is 2. The van der Waals surface area contributed by atoms with Crippen LogP contribution in [0, 0.1) is 6.92 Å². The first kappa shape index (κ1) is 15.6. The van der Waals surface area contributed by atoms with Crippen molar-refractivity contribution in [2.45, 2.75) is 6.92 Å². The van der Waals surface area contributed by atoms with Crippen LogP contribution in [0.3, 0.4) is 0 Å². The van der Waals surface area contributed by atoms with Crippen molar-refractivity contribution in [2.24, 2.45) is 0 Å². The molecule has 0 radical (unpaired) electrons. The molecule has 0 aliphatic heterocycles. The van der Waals surface area contributed by atoms with Crippen LogP contribution in [0.15, 0.2) is 85.1 Å². The summed E-state index contributed by atoms with van der Waals surface area (Å²) in [6.07, 6.45) is 1.83. The first-order valence-electron chi connectivity index (χ1n) is 9.03. The molecular formula is C24H19N3. The van der Waals surface area contributed by atoms with Gasteiger partial charge in [0.05, 0.1) is 11.0 Å². The number of nitrogen functional groups attached to an aromatic ring is 1. The van der Waals surface area contributed by atoms with E-state index in [1.165, 1.54) is 10.8 Å². The number of nitrogens with zero attached hydrogens (tertiary/aromatic N) is 2. The molecule has 0 bridgehead atoms. The van der Waals surface area contributed by atoms with E-state index in [0.717, 1.165) is 39.2 Å². The maximum atomic E-state index is 6.08. The molecule has 27 heavy (non-hydrogen) atoms. The average molecular weight is 349 g/mol. The summed E-state index contributed by atoms with van der Waals surface area (Å²) in [6, 6.07) is 27.3. The van der Waals surface area contributed by atoms with Gasteiger partial charge < -0.3 is 5.73 Å². The molecule has 0 unspecified atom stereocenters. The fourth-order valence-electron chi connectivity index (χ4n) is 3.86. The zero-order valence-corrected chi connectivity index (χ0v) is 15.1. The van der Waals surface area contributed by atoms with Crippen LogP contribution < -0.4 is 5.73 Å². The lowest BCUT2D eigenvalue weighted by Gasteiger charge is -2.09. The summed E-state index contributed by atoms with van der Waals surface area (Å²) >= 11 is 0. The van der Waals surface area contributed by atoms with Gasteiger partial charge in [-0.2, -0.15) is 0 Å². The van der Waals surface area contributed by atoms with Crippen molar-refractivity contribution in [1.29, 1.82) is 0 Å². The van der Waals surface area contributed by atoms with E-state index < -0.39 is 0 Å². The first-order valence-corrected chi connectivity index (χ1v) is 9.03. The minimum Gasteiger partial charge on any atom is -0.399 e. The van der Waals surface area contributed by atoms with Gasteiger partial charge in [-0.3, -0.25) is 4.57 Å². The Morgan fingerprint density at radius 2 is 1.56 bits per heavy atom. The minimum absolute atomic E-state index is 0.787. The van der Waals surface area contributed by atoms with Gasteiger partial charge in [-0.05, 0) is 60.0 Å². The molecule has 130 valence electrons. The van der Waals surface area contributed by atoms with Crippen molar-refractivity contribution in [3.63, 3.8) is 0 Å². The summed E-state index contributed by atoms with van der Waals surface area (Å²) < 4.78 is 2.23. The van der Waals surface area contributed by atoms with Crippen molar-refractivity contribution in [3.8, 4) is 16.9 Å². The number of aryl methyl sites for hydroxylation is 1. The third-order valence-corrected chi connectivity index (χ3v) is 4.99. The van der Waals surface area contributed by atoms with Crippen LogP contribution in [0.2, 0.25) is 0 Å². The highest BCUT2D eigenvalue weighted by Gasteiger charge is 2.13. The number of rotatable bonds is 2. The van der Waals surface area contributed by atoms with E-state index in [1.54, 1.807) is 0 Å². The fourth-order valence-corrected chi connectivity index (χ4v) is 3.86. The Hall–Kier alpha value is -3.59. The number of anilines is 1. The maximum Gasteiger partial charge on any atom is 0.137 e. The van der Waals surface area contributed by atoms with Gasteiger partial charge in [-0.25, -0.2) is 4.98 Å². The molecule has 0 saturated carbocycles. The monoisotopic (exact) mass is 349 g/mol. The Morgan fingerprint density at radius 3 is 2.37 bits per heavy atom. The molecular weight excluding hydrogens is 330 g/mol. The summed E-state index contributed by atoms with van der Waals surface area (Å²) in [4.78, 5) is 4.60. The van der Waals surface area contributed by atoms with Crippen molar-refractivity contribution in [3.05, 3.63) is 90.6 Å². The topological polar surface area (TPSA) is 43.8 Å². The molecule has 0 atom stereocenters. The Labute approximate surface area is 157 Å². The Balaban J connectivity index is 1.85. The average Bonchev–Trinajstić information content (AvgIpc) is 3.01. The summed E-state index contributed by atoms with van der Waals surface area (Å²) in [5, 5.41) is 2.45. The van der Waals surface area contributed by atoms with Crippen molar-refractivity contribution in [2.75, 3.05) is 5.73 Å². The van der Waals surface area contributed by atoms with E-state index >= 15 is 0 Å². The first-order chi connectivity index (χ1) is 13.2. The lowest BCUT2D eigenvalue weighted by atomic mass is 10.0. The predicted molar refractivity (Wildman–Crippen MR) is 113 cm³/mol. The van der Waals surface area contributed by atoms with E-state index in [4.69, 9.17) is 5.73 Å². The smallest absolute Gasteiger partial charge is 0.137 e. The van der Waals surface area contributed by atoms with Crippen LogP contribution in [-0.4, -0.2) is 9.55 Å². The summed E-state index contributed by atoms with van der Waals surface area (Å²) in [5.41, 5.74) is 12.6. The van der Waals surface area contributed by atoms with Crippen LogP contribution in [0.5, 0.6) is 0 Å². The molecule has 2 heterocycles. The van der Waals surface area contributed by atoms with Gasteiger partial charge in [0.2, 0.25) is 0 Å². The molecule has 0 fully saturated rings. The SMILES string of the molecule is Cc1cc(N)cc(-c2ccc3c4ccccc4n(-c4ccccn4)c3c2)c1.